The molecule has 2 rings (SSSR count). The van der Waals surface area contributed by atoms with Gasteiger partial charge in [-0.2, -0.15) is 0 Å². The number of rotatable bonds is 3. The molecule has 1 aliphatic carbocycles. The van der Waals surface area contributed by atoms with Crippen molar-refractivity contribution < 1.29 is 18.9 Å². The average molecular weight is 259 g/mol. The third-order valence-corrected chi connectivity index (χ3v) is 5.06. The number of aliphatic carboxylic acids is 1. The van der Waals surface area contributed by atoms with Crippen LogP contribution in [-0.4, -0.2) is 50.7 Å². The van der Waals surface area contributed by atoms with Gasteiger partial charge in [-0.25, -0.2) is 0 Å². The van der Waals surface area contributed by atoms with Crippen molar-refractivity contribution in [3.05, 3.63) is 0 Å². The Morgan fingerprint density at radius 1 is 1.24 bits per heavy atom. The number of amides is 1. The summed E-state index contributed by atoms with van der Waals surface area (Å²) in [5.74, 6) is 0.0962. The minimum absolute atomic E-state index is 0.0937. The molecule has 1 aliphatic heterocycles. The van der Waals surface area contributed by atoms with Gasteiger partial charge in [0.1, 0.15) is 0 Å². The van der Waals surface area contributed by atoms with Gasteiger partial charge in [0.25, 0.3) is 0 Å². The minimum Gasteiger partial charge on any atom is -0.481 e. The van der Waals surface area contributed by atoms with Gasteiger partial charge in [-0.3, -0.25) is 13.8 Å². The molecule has 0 spiro atoms. The highest BCUT2D eigenvalue weighted by Gasteiger charge is 2.46. The summed E-state index contributed by atoms with van der Waals surface area (Å²) in [6, 6.07) is 0. The fourth-order valence-corrected chi connectivity index (χ4v) is 3.41. The number of nitrogens with zero attached hydrogens (tertiary/aromatic N) is 1. The van der Waals surface area contributed by atoms with E-state index >= 15 is 0 Å². The Bertz CT molecular complexity index is 354. The molecule has 0 aromatic rings. The third-order valence-electron chi connectivity index (χ3n) is 3.78. The topological polar surface area (TPSA) is 74.7 Å². The summed E-state index contributed by atoms with van der Waals surface area (Å²) in [6.45, 7) is 1.00. The summed E-state index contributed by atoms with van der Waals surface area (Å²) in [6.07, 6.45) is 2.21. The van der Waals surface area contributed by atoms with Crippen molar-refractivity contribution in [1.29, 1.82) is 0 Å². The first kappa shape index (κ1) is 12.5. The van der Waals surface area contributed by atoms with Crippen molar-refractivity contribution in [1.82, 2.24) is 4.90 Å². The molecule has 2 fully saturated rings. The van der Waals surface area contributed by atoms with Gasteiger partial charge in [-0.1, -0.05) is 6.42 Å². The van der Waals surface area contributed by atoms with E-state index in [9.17, 15) is 13.8 Å². The van der Waals surface area contributed by atoms with Crippen LogP contribution in [0.25, 0.3) is 0 Å². The second kappa shape index (κ2) is 4.76. The normalized spacial score (nSPS) is 24.1. The molecule has 0 atom stereocenters. The van der Waals surface area contributed by atoms with E-state index in [1.54, 1.807) is 4.90 Å². The Labute approximate surface area is 103 Å². The maximum Gasteiger partial charge on any atom is 0.310 e. The number of carboxylic acids is 1. The first-order valence-electron chi connectivity index (χ1n) is 5.90. The first-order valence-corrected chi connectivity index (χ1v) is 7.38. The molecular formula is C11H17NO4S. The van der Waals surface area contributed by atoms with Crippen LogP contribution in [0.1, 0.15) is 25.7 Å². The smallest absolute Gasteiger partial charge is 0.310 e. The fraction of sp³-hybridized carbons (Fsp3) is 0.818. The Kier molecular flexibility index (Phi) is 3.51. The third kappa shape index (κ3) is 2.51. The quantitative estimate of drug-likeness (QED) is 0.787. The summed E-state index contributed by atoms with van der Waals surface area (Å²) in [5.41, 5.74) is -0.812. The van der Waals surface area contributed by atoms with Crippen LogP contribution in [-0.2, 0) is 20.4 Å². The molecule has 0 radical (unpaired) electrons. The molecule has 0 aromatic heterocycles. The minimum atomic E-state index is -0.849. The Balaban J connectivity index is 1.92. The zero-order valence-electron chi connectivity index (χ0n) is 9.68. The molecule has 0 bridgehead atoms. The highest BCUT2D eigenvalue weighted by atomic mass is 32.2. The number of hydrogen-bond acceptors (Lipinski definition) is 3. The molecular weight excluding hydrogens is 242 g/mol. The molecule has 0 aromatic carbocycles. The van der Waals surface area contributed by atoms with Gasteiger partial charge < -0.3 is 10.0 Å². The lowest BCUT2D eigenvalue weighted by Crippen LogP contribution is -2.47. The van der Waals surface area contributed by atoms with E-state index in [4.69, 9.17) is 5.11 Å². The number of carbonyl (C=O) groups excluding carboxylic acids is 1. The number of carboxylic acid groups (broad SMARTS) is 1. The molecule has 1 saturated heterocycles. The lowest BCUT2D eigenvalue weighted by Gasteiger charge is -2.39. The summed E-state index contributed by atoms with van der Waals surface area (Å²) >= 11 is 0. The van der Waals surface area contributed by atoms with E-state index in [2.05, 4.69) is 0 Å². The highest BCUT2D eigenvalue weighted by Crippen LogP contribution is 2.44. The molecule has 6 heteroatoms. The lowest BCUT2D eigenvalue weighted by atomic mass is 9.66. The molecule has 5 nitrogen and oxygen atoms in total. The largest absolute Gasteiger partial charge is 0.481 e. The van der Waals surface area contributed by atoms with E-state index in [0.29, 0.717) is 37.4 Å². The van der Waals surface area contributed by atoms with Crippen molar-refractivity contribution in [2.75, 3.05) is 24.6 Å². The zero-order chi connectivity index (χ0) is 12.5. The van der Waals surface area contributed by atoms with Gasteiger partial charge in [0, 0.05) is 41.8 Å². The SMILES string of the molecule is O=C(CC1(C(=O)O)CCC1)N1CCS(=O)CC1. The van der Waals surface area contributed by atoms with Crippen LogP contribution in [0, 0.1) is 5.41 Å². The van der Waals surface area contributed by atoms with Crippen LogP contribution < -0.4 is 0 Å². The van der Waals surface area contributed by atoms with Crippen LogP contribution in [0.15, 0.2) is 0 Å². The summed E-state index contributed by atoms with van der Waals surface area (Å²) in [4.78, 5) is 24.8. The van der Waals surface area contributed by atoms with Crippen LogP contribution in [0.3, 0.4) is 0 Å². The molecule has 17 heavy (non-hydrogen) atoms. The Hall–Kier alpha value is -0.910. The fourth-order valence-electron chi connectivity index (χ4n) is 2.36. The maximum atomic E-state index is 12.0. The van der Waals surface area contributed by atoms with Crippen LogP contribution >= 0.6 is 0 Å². The Morgan fingerprint density at radius 3 is 2.24 bits per heavy atom. The van der Waals surface area contributed by atoms with Crippen LogP contribution in [0.5, 0.6) is 0 Å². The van der Waals surface area contributed by atoms with Crippen molar-refractivity contribution in [3.63, 3.8) is 0 Å². The van der Waals surface area contributed by atoms with Gasteiger partial charge in [0.15, 0.2) is 0 Å². The summed E-state index contributed by atoms with van der Waals surface area (Å²) in [5, 5.41) is 9.15. The van der Waals surface area contributed by atoms with Crippen molar-refractivity contribution >= 4 is 22.7 Å². The maximum absolute atomic E-state index is 12.0. The summed E-state index contributed by atoms with van der Waals surface area (Å²) < 4.78 is 11.2. The van der Waals surface area contributed by atoms with Gasteiger partial charge >= 0.3 is 5.97 Å². The van der Waals surface area contributed by atoms with Crippen LogP contribution in [0.4, 0.5) is 0 Å². The number of hydrogen-bond donors (Lipinski definition) is 1. The monoisotopic (exact) mass is 259 g/mol. The van der Waals surface area contributed by atoms with E-state index in [0.717, 1.165) is 6.42 Å². The molecule has 0 unspecified atom stereocenters. The van der Waals surface area contributed by atoms with E-state index < -0.39 is 22.2 Å². The second-order valence-corrected chi connectivity index (χ2v) is 6.54. The molecule has 1 N–H and O–H groups in total. The first-order chi connectivity index (χ1) is 8.03. The summed E-state index contributed by atoms with van der Waals surface area (Å²) in [7, 11) is -0.807. The van der Waals surface area contributed by atoms with E-state index in [1.807, 2.05) is 0 Å². The number of carbonyl (C=O) groups is 2. The van der Waals surface area contributed by atoms with Crippen molar-refractivity contribution in [2.24, 2.45) is 5.41 Å². The lowest BCUT2D eigenvalue weighted by molar-refractivity contribution is -0.159. The average Bonchev–Trinajstić information content (AvgIpc) is 2.23. The van der Waals surface area contributed by atoms with Crippen LogP contribution in [0.2, 0.25) is 0 Å². The Morgan fingerprint density at radius 2 is 1.82 bits per heavy atom. The molecule has 1 heterocycles. The van der Waals surface area contributed by atoms with Crippen molar-refractivity contribution in [2.45, 2.75) is 25.7 Å². The van der Waals surface area contributed by atoms with Gasteiger partial charge in [0.05, 0.1) is 5.41 Å². The molecule has 2 aliphatic rings. The van der Waals surface area contributed by atoms with Gasteiger partial charge in [-0.05, 0) is 12.8 Å². The molecule has 96 valence electrons. The molecule has 1 amide bonds. The second-order valence-electron chi connectivity index (χ2n) is 4.84. The predicted octanol–water partition coefficient (Wildman–Crippen LogP) is 0.222. The van der Waals surface area contributed by atoms with Gasteiger partial charge in [0.2, 0.25) is 5.91 Å². The highest BCUT2D eigenvalue weighted by molar-refractivity contribution is 7.85. The standard InChI is InChI=1S/C11H17NO4S/c13-9(12-4-6-17(16)7-5-12)8-11(10(14)15)2-1-3-11/h1-8H2,(H,14,15). The molecule has 1 saturated carbocycles. The van der Waals surface area contributed by atoms with Crippen molar-refractivity contribution in [3.8, 4) is 0 Å². The van der Waals surface area contributed by atoms with Gasteiger partial charge in [-0.15, -0.1) is 0 Å². The predicted molar refractivity (Wildman–Crippen MR) is 63.0 cm³/mol. The zero-order valence-corrected chi connectivity index (χ0v) is 10.5. The van der Waals surface area contributed by atoms with E-state index in [-0.39, 0.29) is 12.3 Å². The van der Waals surface area contributed by atoms with E-state index in [1.165, 1.54) is 0 Å².